The lowest BCUT2D eigenvalue weighted by Gasteiger charge is -2.34. The van der Waals surface area contributed by atoms with Crippen LogP contribution in [0.25, 0.3) is 0 Å². The first-order chi connectivity index (χ1) is 10.3. The maximum Gasteiger partial charge on any atom is 0.106 e. The van der Waals surface area contributed by atoms with E-state index in [1.54, 1.807) is 0 Å². The van der Waals surface area contributed by atoms with Gasteiger partial charge in [-0.15, -0.1) is 0 Å². The lowest BCUT2D eigenvalue weighted by Crippen LogP contribution is -2.31. The Kier molecular flexibility index (Phi) is 3.11. The maximum absolute atomic E-state index is 6.64. The lowest BCUT2D eigenvalue weighted by atomic mass is 9.84. The molecule has 2 aliphatic rings. The summed E-state index contributed by atoms with van der Waals surface area (Å²) in [6.07, 6.45) is 7.13. The van der Waals surface area contributed by atoms with Gasteiger partial charge in [0.2, 0.25) is 0 Å². The molecule has 2 N–H and O–H groups in total. The van der Waals surface area contributed by atoms with Crippen LogP contribution < -0.4 is 5.73 Å². The third-order valence-corrected chi connectivity index (χ3v) is 5.22. The minimum atomic E-state index is 0.0916. The Balaban J connectivity index is 1.77. The van der Waals surface area contributed by atoms with E-state index < -0.39 is 0 Å². The molecule has 1 aromatic heterocycles. The van der Waals surface area contributed by atoms with Crippen molar-refractivity contribution in [2.75, 3.05) is 0 Å². The van der Waals surface area contributed by atoms with Gasteiger partial charge in [-0.25, -0.2) is 4.98 Å². The highest BCUT2D eigenvalue weighted by Crippen LogP contribution is 2.38. The zero-order valence-corrected chi connectivity index (χ0v) is 12.7. The standard InChI is InChI=1S/C18H23N3/c1-12-20-15-8-4-5-9-16(15)21(12)17-11-10-13-6-2-3-7-14(13)18(17)19/h2-3,6-7,17-18H,4-5,8-11,19H2,1H3. The van der Waals surface area contributed by atoms with Gasteiger partial charge in [0.15, 0.2) is 0 Å². The molecule has 0 aliphatic heterocycles. The molecule has 1 heterocycles. The second-order valence-electron chi connectivity index (χ2n) is 6.46. The van der Waals surface area contributed by atoms with E-state index in [-0.39, 0.29) is 6.04 Å². The number of benzene rings is 1. The summed E-state index contributed by atoms with van der Waals surface area (Å²) in [6.45, 7) is 2.14. The minimum absolute atomic E-state index is 0.0916. The Labute approximate surface area is 126 Å². The molecule has 2 aliphatic carbocycles. The van der Waals surface area contributed by atoms with Crippen molar-refractivity contribution in [2.45, 2.75) is 57.5 Å². The van der Waals surface area contributed by atoms with Crippen molar-refractivity contribution in [3.63, 3.8) is 0 Å². The van der Waals surface area contributed by atoms with Gasteiger partial charge in [0, 0.05) is 5.69 Å². The lowest BCUT2D eigenvalue weighted by molar-refractivity contribution is 0.354. The molecule has 0 saturated heterocycles. The number of rotatable bonds is 1. The van der Waals surface area contributed by atoms with Gasteiger partial charge in [-0.05, 0) is 56.6 Å². The first-order valence-corrected chi connectivity index (χ1v) is 8.15. The molecule has 0 saturated carbocycles. The Morgan fingerprint density at radius 1 is 1.14 bits per heavy atom. The van der Waals surface area contributed by atoms with Crippen LogP contribution in [-0.2, 0) is 19.3 Å². The highest BCUT2D eigenvalue weighted by atomic mass is 15.1. The average molecular weight is 281 g/mol. The fourth-order valence-corrected chi connectivity index (χ4v) is 4.21. The quantitative estimate of drug-likeness (QED) is 0.872. The van der Waals surface area contributed by atoms with Crippen molar-refractivity contribution in [1.29, 1.82) is 0 Å². The van der Waals surface area contributed by atoms with Gasteiger partial charge in [0.1, 0.15) is 5.82 Å². The molecule has 0 spiro atoms. The first kappa shape index (κ1) is 13.1. The topological polar surface area (TPSA) is 43.8 Å². The SMILES string of the molecule is Cc1nc2c(n1C1CCc3ccccc3C1N)CCCC2. The summed E-state index contributed by atoms with van der Waals surface area (Å²) in [4.78, 5) is 4.82. The van der Waals surface area contributed by atoms with Gasteiger partial charge in [-0.1, -0.05) is 24.3 Å². The Hall–Kier alpha value is -1.61. The fraction of sp³-hybridized carbons (Fsp3) is 0.500. The number of hydrogen-bond donors (Lipinski definition) is 1. The van der Waals surface area contributed by atoms with Crippen LogP contribution in [0.4, 0.5) is 0 Å². The van der Waals surface area contributed by atoms with Crippen molar-refractivity contribution >= 4 is 0 Å². The van der Waals surface area contributed by atoms with Gasteiger partial charge in [0.05, 0.1) is 17.8 Å². The normalized spacial score (nSPS) is 24.5. The minimum Gasteiger partial charge on any atom is -0.327 e. The number of imidazole rings is 1. The molecule has 4 rings (SSSR count). The van der Waals surface area contributed by atoms with Crippen molar-refractivity contribution in [2.24, 2.45) is 5.73 Å². The molecule has 3 heteroatoms. The number of hydrogen-bond acceptors (Lipinski definition) is 2. The molecular weight excluding hydrogens is 258 g/mol. The van der Waals surface area contributed by atoms with E-state index >= 15 is 0 Å². The van der Waals surface area contributed by atoms with Crippen molar-refractivity contribution in [1.82, 2.24) is 9.55 Å². The number of nitrogens with zero attached hydrogens (tertiary/aromatic N) is 2. The van der Waals surface area contributed by atoms with Crippen LogP contribution >= 0.6 is 0 Å². The second kappa shape index (κ2) is 4.99. The van der Waals surface area contributed by atoms with E-state index in [1.807, 2.05) is 0 Å². The maximum atomic E-state index is 6.64. The smallest absolute Gasteiger partial charge is 0.106 e. The number of nitrogens with two attached hydrogens (primary N) is 1. The van der Waals surface area contributed by atoms with Crippen LogP contribution in [0.3, 0.4) is 0 Å². The van der Waals surface area contributed by atoms with Crippen molar-refractivity contribution < 1.29 is 0 Å². The van der Waals surface area contributed by atoms with Crippen LogP contribution in [0.1, 0.15) is 59.7 Å². The predicted octanol–water partition coefficient (Wildman–Crippen LogP) is 3.26. The first-order valence-electron chi connectivity index (χ1n) is 8.15. The van der Waals surface area contributed by atoms with Gasteiger partial charge in [-0.3, -0.25) is 0 Å². The van der Waals surface area contributed by atoms with Crippen molar-refractivity contribution in [3.8, 4) is 0 Å². The third kappa shape index (κ3) is 2.03. The molecule has 110 valence electrons. The van der Waals surface area contributed by atoms with E-state index in [9.17, 15) is 0 Å². The summed E-state index contributed by atoms with van der Waals surface area (Å²) < 4.78 is 2.47. The molecule has 0 bridgehead atoms. The van der Waals surface area contributed by atoms with Gasteiger partial charge < -0.3 is 10.3 Å². The predicted molar refractivity (Wildman–Crippen MR) is 84.3 cm³/mol. The summed E-state index contributed by atoms with van der Waals surface area (Å²) in [5.41, 5.74) is 12.2. The average Bonchev–Trinajstić information content (AvgIpc) is 2.84. The van der Waals surface area contributed by atoms with Crippen LogP contribution in [0, 0.1) is 6.92 Å². The van der Waals surface area contributed by atoms with Crippen LogP contribution in [0.5, 0.6) is 0 Å². The molecule has 0 radical (unpaired) electrons. The fourth-order valence-electron chi connectivity index (χ4n) is 4.21. The molecule has 2 atom stereocenters. The molecule has 3 nitrogen and oxygen atoms in total. The molecule has 2 unspecified atom stereocenters. The van der Waals surface area contributed by atoms with E-state index in [0.29, 0.717) is 6.04 Å². The van der Waals surface area contributed by atoms with Crippen molar-refractivity contribution in [3.05, 3.63) is 52.6 Å². The molecule has 0 fully saturated rings. The Bertz CT molecular complexity index is 671. The molecule has 0 amide bonds. The molecular formula is C18H23N3. The highest BCUT2D eigenvalue weighted by Gasteiger charge is 2.31. The number of aromatic nitrogens is 2. The van der Waals surface area contributed by atoms with Gasteiger partial charge >= 0.3 is 0 Å². The zero-order valence-electron chi connectivity index (χ0n) is 12.7. The molecule has 21 heavy (non-hydrogen) atoms. The second-order valence-corrected chi connectivity index (χ2v) is 6.46. The Morgan fingerprint density at radius 3 is 2.86 bits per heavy atom. The number of fused-ring (bicyclic) bond motifs is 2. The van der Waals surface area contributed by atoms with Crippen LogP contribution in [-0.4, -0.2) is 9.55 Å². The van der Waals surface area contributed by atoms with E-state index in [4.69, 9.17) is 10.7 Å². The van der Waals surface area contributed by atoms with E-state index in [1.165, 1.54) is 41.8 Å². The zero-order chi connectivity index (χ0) is 14.4. The summed E-state index contributed by atoms with van der Waals surface area (Å²) in [6, 6.07) is 9.11. The van der Waals surface area contributed by atoms with Crippen LogP contribution in [0.15, 0.2) is 24.3 Å². The summed E-state index contributed by atoms with van der Waals surface area (Å²) >= 11 is 0. The van der Waals surface area contributed by atoms with E-state index in [2.05, 4.69) is 35.8 Å². The van der Waals surface area contributed by atoms with Gasteiger partial charge in [0.25, 0.3) is 0 Å². The summed E-state index contributed by atoms with van der Waals surface area (Å²) in [5.74, 6) is 1.15. The van der Waals surface area contributed by atoms with Gasteiger partial charge in [-0.2, -0.15) is 0 Å². The highest BCUT2D eigenvalue weighted by molar-refractivity contribution is 5.34. The third-order valence-electron chi connectivity index (χ3n) is 5.22. The van der Waals surface area contributed by atoms with E-state index in [0.717, 1.165) is 25.1 Å². The summed E-state index contributed by atoms with van der Waals surface area (Å²) in [5, 5.41) is 0. The summed E-state index contributed by atoms with van der Waals surface area (Å²) in [7, 11) is 0. The molecule has 2 aromatic rings. The molecule has 1 aromatic carbocycles. The Morgan fingerprint density at radius 2 is 1.95 bits per heavy atom. The monoisotopic (exact) mass is 281 g/mol. The number of aryl methyl sites for hydroxylation is 3. The largest absolute Gasteiger partial charge is 0.327 e. The van der Waals surface area contributed by atoms with Crippen LogP contribution in [0.2, 0.25) is 0 Å².